The first kappa shape index (κ1) is 22.3. The van der Waals surface area contributed by atoms with Crippen molar-refractivity contribution in [3.63, 3.8) is 0 Å². The SMILES string of the molecule is CC(C)C(N)c1cn([C@@H](CCCNC(N)=O)C(=O)Nc2ccc(CO)cc2)nn1. The number of aromatic nitrogens is 3. The molecule has 1 aromatic carbocycles. The van der Waals surface area contributed by atoms with E-state index in [0.717, 1.165) is 5.56 Å². The summed E-state index contributed by atoms with van der Waals surface area (Å²) in [7, 11) is 0. The molecule has 0 aliphatic rings. The summed E-state index contributed by atoms with van der Waals surface area (Å²) in [6.45, 7) is 4.25. The van der Waals surface area contributed by atoms with Crippen LogP contribution in [0.4, 0.5) is 10.5 Å². The van der Waals surface area contributed by atoms with Crippen LogP contribution in [0.1, 0.15) is 50.0 Å². The summed E-state index contributed by atoms with van der Waals surface area (Å²) < 4.78 is 1.50. The number of hydrogen-bond acceptors (Lipinski definition) is 6. The fourth-order valence-electron chi connectivity index (χ4n) is 2.75. The lowest BCUT2D eigenvalue weighted by atomic mass is 10.0. The molecule has 2 atom stereocenters. The van der Waals surface area contributed by atoms with Gasteiger partial charge in [-0.05, 0) is 36.5 Å². The maximum Gasteiger partial charge on any atom is 0.312 e. The Balaban J connectivity index is 2.14. The Morgan fingerprint density at radius 2 is 1.93 bits per heavy atom. The van der Waals surface area contributed by atoms with Gasteiger partial charge in [0, 0.05) is 12.2 Å². The summed E-state index contributed by atoms with van der Waals surface area (Å²) in [5, 5.41) is 22.7. The van der Waals surface area contributed by atoms with E-state index in [1.165, 1.54) is 4.68 Å². The van der Waals surface area contributed by atoms with Crippen LogP contribution in [0.25, 0.3) is 0 Å². The highest BCUT2D eigenvalue weighted by Crippen LogP contribution is 2.21. The van der Waals surface area contributed by atoms with E-state index in [0.29, 0.717) is 30.8 Å². The van der Waals surface area contributed by atoms with Crippen molar-refractivity contribution in [2.45, 2.75) is 45.4 Å². The molecule has 0 saturated carbocycles. The van der Waals surface area contributed by atoms with Gasteiger partial charge in [0.25, 0.3) is 0 Å². The molecule has 7 N–H and O–H groups in total. The molecule has 0 aliphatic heterocycles. The lowest BCUT2D eigenvalue weighted by Gasteiger charge is -2.17. The third kappa shape index (κ3) is 6.54. The van der Waals surface area contributed by atoms with Crippen molar-refractivity contribution in [2.24, 2.45) is 17.4 Å². The van der Waals surface area contributed by atoms with Gasteiger partial charge in [-0.2, -0.15) is 0 Å². The zero-order valence-electron chi connectivity index (χ0n) is 16.7. The van der Waals surface area contributed by atoms with E-state index in [1.54, 1.807) is 30.5 Å². The summed E-state index contributed by atoms with van der Waals surface area (Å²) in [5.41, 5.74) is 13.2. The Labute approximate surface area is 169 Å². The van der Waals surface area contributed by atoms with Gasteiger partial charge in [-0.25, -0.2) is 9.48 Å². The number of nitrogens with one attached hydrogen (secondary N) is 2. The molecule has 10 nitrogen and oxygen atoms in total. The van der Waals surface area contributed by atoms with E-state index >= 15 is 0 Å². The van der Waals surface area contributed by atoms with Crippen LogP contribution >= 0.6 is 0 Å². The fraction of sp³-hybridized carbons (Fsp3) is 0.474. The van der Waals surface area contributed by atoms with E-state index in [9.17, 15) is 9.59 Å². The lowest BCUT2D eigenvalue weighted by molar-refractivity contribution is -0.119. The molecule has 1 unspecified atom stereocenters. The minimum atomic E-state index is -0.636. The average molecular weight is 403 g/mol. The molecule has 0 radical (unpaired) electrons. The number of amides is 3. The zero-order valence-corrected chi connectivity index (χ0v) is 16.7. The minimum absolute atomic E-state index is 0.0679. The fourth-order valence-corrected chi connectivity index (χ4v) is 2.75. The van der Waals surface area contributed by atoms with Crippen LogP contribution in [-0.4, -0.2) is 38.6 Å². The average Bonchev–Trinajstić information content (AvgIpc) is 3.17. The summed E-state index contributed by atoms with van der Waals surface area (Å²) in [4.78, 5) is 23.8. The standard InChI is InChI=1S/C19H29N7O3/c1-12(2)17(20)15-10-26(25-24-15)16(4-3-9-22-19(21)29)18(28)23-14-7-5-13(11-27)6-8-14/h5-8,10,12,16-17,27H,3-4,9,11,20H2,1-2H3,(H,23,28)(H3,21,22,29)/t16-,17?/m0/s1. The third-order valence-electron chi connectivity index (χ3n) is 4.57. The first-order valence-electron chi connectivity index (χ1n) is 9.53. The molecule has 0 fully saturated rings. The maximum atomic E-state index is 12.9. The van der Waals surface area contributed by atoms with Crippen molar-refractivity contribution in [1.29, 1.82) is 0 Å². The highest BCUT2D eigenvalue weighted by molar-refractivity contribution is 5.93. The molecule has 0 saturated heterocycles. The lowest BCUT2D eigenvalue weighted by Crippen LogP contribution is -2.31. The summed E-state index contributed by atoms with van der Waals surface area (Å²) in [6, 6.07) is 5.37. The van der Waals surface area contributed by atoms with Crippen LogP contribution in [0.2, 0.25) is 0 Å². The highest BCUT2D eigenvalue weighted by atomic mass is 16.3. The topological polar surface area (TPSA) is 161 Å². The number of primary amides is 1. The highest BCUT2D eigenvalue weighted by Gasteiger charge is 2.24. The number of urea groups is 1. The minimum Gasteiger partial charge on any atom is -0.392 e. The van der Waals surface area contributed by atoms with Gasteiger partial charge >= 0.3 is 6.03 Å². The first-order chi connectivity index (χ1) is 13.8. The molecule has 0 aliphatic carbocycles. The second kappa shape index (κ2) is 10.5. The van der Waals surface area contributed by atoms with Crippen LogP contribution in [0.3, 0.4) is 0 Å². The smallest absolute Gasteiger partial charge is 0.312 e. The van der Waals surface area contributed by atoms with Gasteiger partial charge < -0.3 is 27.2 Å². The molecule has 29 heavy (non-hydrogen) atoms. The summed E-state index contributed by atoms with van der Waals surface area (Å²) in [6.07, 6.45) is 2.63. The quantitative estimate of drug-likeness (QED) is 0.373. The molecule has 158 valence electrons. The predicted octanol–water partition coefficient (Wildman–Crippen LogP) is 1.05. The van der Waals surface area contributed by atoms with Crippen molar-refractivity contribution in [2.75, 3.05) is 11.9 Å². The van der Waals surface area contributed by atoms with E-state index < -0.39 is 12.1 Å². The number of anilines is 1. The Hall–Kier alpha value is -2.98. The molecule has 2 aromatic rings. The van der Waals surface area contributed by atoms with Crippen molar-refractivity contribution >= 4 is 17.6 Å². The van der Waals surface area contributed by atoms with E-state index in [-0.39, 0.29) is 24.5 Å². The van der Waals surface area contributed by atoms with Crippen LogP contribution in [0, 0.1) is 5.92 Å². The number of aliphatic hydroxyl groups is 1. The summed E-state index contributed by atoms with van der Waals surface area (Å²) >= 11 is 0. The Morgan fingerprint density at radius 1 is 1.24 bits per heavy atom. The monoisotopic (exact) mass is 403 g/mol. The second-order valence-corrected chi connectivity index (χ2v) is 7.19. The van der Waals surface area contributed by atoms with Gasteiger partial charge in [0.2, 0.25) is 5.91 Å². The molecule has 0 bridgehead atoms. The zero-order chi connectivity index (χ0) is 21.4. The Kier molecular flexibility index (Phi) is 8.10. The number of hydrogen-bond donors (Lipinski definition) is 5. The number of benzene rings is 1. The molecular formula is C19H29N7O3. The molecule has 1 aromatic heterocycles. The number of carbonyl (C=O) groups is 2. The van der Waals surface area contributed by atoms with Crippen LogP contribution in [-0.2, 0) is 11.4 Å². The molecule has 1 heterocycles. The number of rotatable bonds is 10. The Bertz CT molecular complexity index is 804. The van der Waals surface area contributed by atoms with Gasteiger partial charge in [0.05, 0.1) is 24.5 Å². The molecule has 10 heteroatoms. The first-order valence-corrected chi connectivity index (χ1v) is 9.53. The molecule has 2 rings (SSSR count). The second-order valence-electron chi connectivity index (χ2n) is 7.19. The van der Waals surface area contributed by atoms with Gasteiger partial charge in [0.15, 0.2) is 0 Å². The van der Waals surface area contributed by atoms with Crippen molar-refractivity contribution in [1.82, 2.24) is 20.3 Å². The normalized spacial score (nSPS) is 13.1. The van der Waals surface area contributed by atoms with Gasteiger partial charge in [-0.1, -0.05) is 31.2 Å². The van der Waals surface area contributed by atoms with E-state index in [4.69, 9.17) is 16.6 Å². The number of carbonyl (C=O) groups excluding carboxylic acids is 2. The van der Waals surface area contributed by atoms with Crippen molar-refractivity contribution in [3.05, 3.63) is 41.7 Å². The Morgan fingerprint density at radius 3 is 2.52 bits per heavy atom. The van der Waals surface area contributed by atoms with Gasteiger partial charge in [-0.15, -0.1) is 5.10 Å². The van der Waals surface area contributed by atoms with Crippen LogP contribution in [0.5, 0.6) is 0 Å². The van der Waals surface area contributed by atoms with Crippen LogP contribution < -0.4 is 22.1 Å². The largest absolute Gasteiger partial charge is 0.392 e. The third-order valence-corrected chi connectivity index (χ3v) is 4.57. The molecule has 0 spiro atoms. The van der Waals surface area contributed by atoms with Gasteiger partial charge in [-0.3, -0.25) is 4.79 Å². The van der Waals surface area contributed by atoms with E-state index in [1.807, 2.05) is 13.8 Å². The number of nitrogens with zero attached hydrogens (tertiary/aromatic N) is 3. The maximum absolute atomic E-state index is 12.9. The van der Waals surface area contributed by atoms with Crippen LogP contribution in [0.15, 0.2) is 30.5 Å². The predicted molar refractivity (Wildman–Crippen MR) is 109 cm³/mol. The van der Waals surface area contributed by atoms with Gasteiger partial charge in [0.1, 0.15) is 6.04 Å². The van der Waals surface area contributed by atoms with E-state index in [2.05, 4.69) is 20.9 Å². The number of aliphatic hydroxyl groups excluding tert-OH is 1. The summed E-state index contributed by atoms with van der Waals surface area (Å²) in [5.74, 6) is -0.0902. The molecule has 3 amide bonds. The van der Waals surface area contributed by atoms with Crippen molar-refractivity contribution in [3.8, 4) is 0 Å². The number of nitrogens with two attached hydrogens (primary N) is 2. The van der Waals surface area contributed by atoms with Crippen molar-refractivity contribution < 1.29 is 14.7 Å². The molecular weight excluding hydrogens is 374 g/mol.